The van der Waals surface area contributed by atoms with E-state index in [1.165, 1.54) is 0 Å². The second-order valence-corrected chi connectivity index (χ2v) is 3.66. The van der Waals surface area contributed by atoms with E-state index in [1.807, 2.05) is 5.32 Å². The molecule has 6 nitrogen and oxygen atoms in total. The van der Waals surface area contributed by atoms with E-state index in [0.29, 0.717) is 0 Å². The Morgan fingerprint density at radius 3 is 2.50 bits per heavy atom. The number of aromatic nitrogens is 1. The number of hydrogen-bond donors (Lipinski definition) is 3. The molecule has 0 atom stereocenters. The van der Waals surface area contributed by atoms with Gasteiger partial charge in [0.2, 0.25) is 0 Å². The topological polar surface area (TPSA) is 99.3 Å². The van der Waals surface area contributed by atoms with E-state index in [9.17, 15) is 23.2 Å². The van der Waals surface area contributed by atoms with Crippen LogP contribution in [0.3, 0.4) is 0 Å². The van der Waals surface area contributed by atoms with Crippen LogP contribution in [-0.2, 0) is 10.2 Å². The van der Waals surface area contributed by atoms with Crippen LogP contribution in [0.2, 0.25) is 0 Å². The van der Waals surface area contributed by atoms with E-state index >= 15 is 0 Å². The minimum absolute atomic E-state index is 0.485. The number of aliphatic carboxylic acids is 1. The Morgan fingerprint density at radius 2 is 2.06 bits per heavy atom. The molecular formula is C9H7ClF2N2O4. The summed E-state index contributed by atoms with van der Waals surface area (Å²) in [6.07, 6.45) is 0. The first-order valence-corrected chi connectivity index (χ1v) is 4.90. The minimum atomic E-state index is -3.75. The number of carbonyl (C=O) groups is 2. The molecule has 1 aromatic heterocycles. The lowest BCUT2D eigenvalue weighted by Gasteiger charge is -2.08. The first-order valence-electron chi connectivity index (χ1n) is 4.52. The summed E-state index contributed by atoms with van der Waals surface area (Å²) in [5.41, 5.74) is -2.43. The lowest BCUT2D eigenvalue weighted by Crippen LogP contribution is -2.33. The van der Waals surface area contributed by atoms with Crippen molar-refractivity contribution >= 4 is 23.5 Å². The van der Waals surface area contributed by atoms with E-state index < -0.39 is 40.6 Å². The molecule has 1 rings (SSSR count). The molecule has 98 valence electrons. The Bertz CT molecular complexity index is 538. The van der Waals surface area contributed by atoms with Gasteiger partial charge in [0.05, 0.1) is 0 Å². The van der Waals surface area contributed by atoms with Crippen molar-refractivity contribution in [2.45, 2.75) is 5.38 Å². The van der Waals surface area contributed by atoms with Crippen LogP contribution >= 0.6 is 11.6 Å². The van der Waals surface area contributed by atoms with Crippen LogP contribution in [0.5, 0.6) is 0 Å². The molecule has 0 aliphatic carbocycles. The van der Waals surface area contributed by atoms with E-state index in [0.717, 1.165) is 12.1 Å². The molecule has 0 bridgehead atoms. The molecule has 0 aromatic carbocycles. The normalized spacial score (nSPS) is 11.1. The van der Waals surface area contributed by atoms with Crippen LogP contribution < -0.4 is 10.9 Å². The molecule has 0 aliphatic rings. The van der Waals surface area contributed by atoms with E-state index in [-0.39, 0.29) is 0 Å². The zero-order chi connectivity index (χ0) is 13.9. The molecule has 1 amide bonds. The number of aromatic amines is 1. The van der Waals surface area contributed by atoms with Crippen LogP contribution in [0, 0.1) is 0 Å². The van der Waals surface area contributed by atoms with Gasteiger partial charge in [0, 0.05) is 0 Å². The zero-order valence-electron chi connectivity index (χ0n) is 8.67. The zero-order valence-corrected chi connectivity index (χ0v) is 9.42. The molecule has 0 fully saturated rings. The molecule has 0 saturated heterocycles. The van der Waals surface area contributed by atoms with E-state index in [2.05, 4.69) is 11.6 Å². The predicted octanol–water partition coefficient (Wildman–Crippen LogP) is 0.477. The highest BCUT2D eigenvalue weighted by atomic mass is 35.5. The highest BCUT2D eigenvalue weighted by molar-refractivity contribution is 6.21. The monoisotopic (exact) mass is 280 g/mol. The Hall–Kier alpha value is -1.96. The van der Waals surface area contributed by atoms with Crippen molar-refractivity contribution in [3.8, 4) is 0 Å². The summed E-state index contributed by atoms with van der Waals surface area (Å²) in [5, 5.41) is 6.48. The minimum Gasteiger partial charge on any atom is -0.480 e. The van der Waals surface area contributed by atoms with Gasteiger partial charge in [0.1, 0.15) is 17.8 Å². The first-order chi connectivity index (χ1) is 8.21. The number of hydrogen-bond acceptors (Lipinski definition) is 3. The smallest absolute Gasteiger partial charge is 0.362 e. The number of pyridine rings is 1. The van der Waals surface area contributed by atoms with Crippen molar-refractivity contribution in [2.24, 2.45) is 0 Å². The standard InChI is InChI=1S/C9H7ClF2N2O4/c10-9(11,12)5-2-1-4(8(18)14-5)7(17)13-3-6(15)16/h1-2H,3H2,(H,13,17)(H,14,18)(H,15,16). The lowest BCUT2D eigenvalue weighted by molar-refractivity contribution is -0.135. The predicted molar refractivity (Wildman–Crippen MR) is 56.8 cm³/mol. The second-order valence-electron chi connectivity index (χ2n) is 3.19. The number of halogens is 3. The second kappa shape index (κ2) is 5.13. The lowest BCUT2D eigenvalue weighted by atomic mass is 10.2. The van der Waals surface area contributed by atoms with Crippen LogP contribution in [0.15, 0.2) is 16.9 Å². The van der Waals surface area contributed by atoms with Crippen LogP contribution in [0.25, 0.3) is 0 Å². The number of carboxylic acid groups (broad SMARTS) is 1. The van der Waals surface area contributed by atoms with Crippen molar-refractivity contribution in [1.29, 1.82) is 0 Å². The van der Waals surface area contributed by atoms with Crippen molar-refractivity contribution in [3.05, 3.63) is 33.7 Å². The molecule has 0 spiro atoms. The Labute approximate surface area is 104 Å². The van der Waals surface area contributed by atoms with Crippen LogP contribution in [-0.4, -0.2) is 28.5 Å². The summed E-state index contributed by atoms with van der Waals surface area (Å²) in [5.74, 6) is -2.29. The molecule has 18 heavy (non-hydrogen) atoms. The summed E-state index contributed by atoms with van der Waals surface area (Å²) in [6.45, 7) is -0.689. The molecule has 1 heterocycles. The highest BCUT2D eigenvalue weighted by Crippen LogP contribution is 2.29. The van der Waals surface area contributed by atoms with Crippen LogP contribution in [0.1, 0.15) is 16.1 Å². The number of amides is 1. The van der Waals surface area contributed by atoms with Gasteiger partial charge in [0.15, 0.2) is 0 Å². The quantitative estimate of drug-likeness (QED) is 0.698. The van der Waals surface area contributed by atoms with Gasteiger partial charge in [-0.15, -0.1) is 0 Å². The molecule has 1 aromatic rings. The Morgan fingerprint density at radius 1 is 1.44 bits per heavy atom. The van der Waals surface area contributed by atoms with Gasteiger partial charge in [-0.1, -0.05) is 0 Å². The summed E-state index contributed by atoms with van der Waals surface area (Å²) in [7, 11) is 0. The number of carbonyl (C=O) groups excluding carboxylic acids is 1. The van der Waals surface area contributed by atoms with Crippen molar-refractivity contribution < 1.29 is 23.5 Å². The number of H-pyrrole nitrogens is 1. The fourth-order valence-corrected chi connectivity index (χ4v) is 1.18. The van der Waals surface area contributed by atoms with Gasteiger partial charge in [-0.2, -0.15) is 8.78 Å². The fourth-order valence-electron chi connectivity index (χ4n) is 1.07. The number of nitrogens with one attached hydrogen (secondary N) is 2. The van der Waals surface area contributed by atoms with Gasteiger partial charge in [-0.05, 0) is 23.7 Å². The Kier molecular flexibility index (Phi) is 4.02. The molecule has 0 saturated carbocycles. The van der Waals surface area contributed by atoms with Crippen molar-refractivity contribution in [1.82, 2.24) is 10.3 Å². The molecule has 3 N–H and O–H groups in total. The third-order valence-corrected chi connectivity index (χ3v) is 2.06. The number of alkyl halides is 3. The first kappa shape index (κ1) is 14.1. The third-order valence-electron chi connectivity index (χ3n) is 1.86. The van der Waals surface area contributed by atoms with Gasteiger partial charge in [-0.25, -0.2) is 0 Å². The maximum Gasteiger partial charge on any atom is 0.362 e. The van der Waals surface area contributed by atoms with Gasteiger partial charge < -0.3 is 15.4 Å². The van der Waals surface area contributed by atoms with Gasteiger partial charge in [0.25, 0.3) is 11.5 Å². The fraction of sp³-hybridized carbons (Fsp3) is 0.222. The maximum absolute atomic E-state index is 12.6. The van der Waals surface area contributed by atoms with E-state index in [1.54, 1.807) is 4.98 Å². The van der Waals surface area contributed by atoms with Crippen molar-refractivity contribution in [3.63, 3.8) is 0 Å². The Balaban J connectivity index is 2.96. The molecule has 9 heteroatoms. The SMILES string of the molecule is O=C(O)CNC(=O)c1ccc(C(F)(F)Cl)[nH]c1=O. The third kappa shape index (κ3) is 3.52. The largest absolute Gasteiger partial charge is 0.480 e. The molecule has 0 aliphatic heterocycles. The van der Waals surface area contributed by atoms with Gasteiger partial charge >= 0.3 is 11.4 Å². The summed E-state index contributed by atoms with van der Waals surface area (Å²) in [4.78, 5) is 34.6. The molecular weight excluding hydrogens is 274 g/mol. The molecule has 0 radical (unpaired) electrons. The maximum atomic E-state index is 12.6. The van der Waals surface area contributed by atoms with E-state index in [4.69, 9.17) is 5.11 Å². The average molecular weight is 281 g/mol. The summed E-state index contributed by atoms with van der Waals surface area (Å²) < 4.78 is 25.3. The van der Waals surface area contributed by atoms with Crippen molar-refractivity contribution in [2.75, 3.05) is 6.54 Å². The molecule has 0 unspecified atom stereocenters. The average Bonchev–Trinajstić information content (AvgIpc) is 2.24. The summed E-state index contributed by atoms with van der Waals surface area (Å²) in [6, 6.07) is 1.60. The summed E-state index contributed by atoms with van der Waals surface area (Å²) >= 11 is 4.68. The van der Waals surface area contributed by atoms with Crippen LogP contribution in [0.4, 0.5) is 8.78 Å². The number of carboxylic acids is 1. The number of rotatable bonds is 4. The highest BCUT2D eigenvalue weighted by Gasteiger charge is 2.29. The van der Waals surface area contributed by atoms with Gasteiger partial charge in [-0.3, -0.25) is 14.4 Å².